The Balaban J connectivity index is 2.98. The number of aromatic nitrogens is 1. The van der Waals surface area contributed by atoms with Crippen molar-refractivity contribution >= 4 is 27.6 Å². The third-order valence-corrected chi connectivity index (χ3v) is 1.78. The van der Waals surface area contributed by atoms with Crippen LogP contribution in [0.4, 0.5) is 5.69 Å². The molecule has 66 valence electrons. The van der Waals surface area contributed by atoms with Crippen molar-refractivity contribution in [3.63, 3.8) is 0 Å². The molecule has 0 aliphatic carbocycles. The van der Waals surface area contributed by atoms with Gasteiger partial charge in [0.15, 0.2) is 5.15 Å². The first-order chi connectivity index (χ1) is 5.49. The summed E-state index contributed by atoms with van der Waals surface area (Å²) in [5, 5.41) is -0.0184. The number of anilines is 1. The van der Waals surface area contributed by atoms with Crippen molar-refractivity contribution in [3.8, 4) is 0 Å². The van der Waals surface area contributed by atoms with Gasteiger partial charge < -0.3 is 0 Å². The van der Waals surface area contributed by atoms with Gasteiger partial charge in [-0.2, -0.15) is 8.42 Å². The van der Waals surface area contributed by atoms with Crippen LogP contribution in [0.2, 0.25) is 5.15 Å². The van der Waals surface area contributed by atoms with Crippen molar-refractivity contribution in [2.75, 3.05) is 4.72 Å². The SMILES string of the molecule is O=S(=O)(O)Nc1cccnc1Cl. The van der Waals surface area contributed by atoms with Crippen LogP contribution in [0.25, 0.3) is 0 Å². The van der Waals surface area contributed by atoms with Gasteiger partial charge in [0, 0.05) is 6.20 Å². The highest BCUT2D eigenvalue weighted by Crippen LogP contribution is 2.17. The summed E-state index contributed by atoms with van der Waals surface area (Å²) in [7, 11) is -4.27. The second-order valence-electron chi connectivity index (χ2n) is 1.92. The lowest BCUT2D eigenvalue weighted by Crippen LogP contribution is -2.10. The van der Waals surface area contributed by atoms with Crippen LogP contribution in [0, 0.1) is 0 Å². The van der Waals surface area contributed by atoms with Crippen LogP contribution in [0.1, 0.15) is 0 Å². The first kappa shape index (κ1) is 9.24. The van der Waals surface area contributed by atoms with Crippen LogP contribution in [0.15, 0.2) is 18.3 Å². The van der Waals surface area contributed by atoms with Crippen molar-refractivity contribution in [1.29, 1.82) is 0 Å². The van der Waals surface area contributed by atoms with E-state index in [1.807, 2.05) is 0 Å². The molecule has 5 nitrogen and oxygen atoms in total. The highest BCUT2D eigenvalue weighted by molar-refractivity contribution is 7.87. The van der Waals surface area contributed by atoms with E-state index in [1.165, 1.54) is 18.3 Å². The molecule has 0 aliphatic rings. The van der Waals surface area contributed by atoms with Gasteiger partial charge in [-0.05, 0) is 12.1 Å². The Hall–Kier alpha value is -0.850. The molecular formula is C5H5ClN2O3S. The number of rotatable bonds is 2. The summed E-state index contributed by atoms with van der Waals surface area (Å²) in [4.78, 5) is 3.59. The Bertz CT molecular complexity index is 378. The summed E-state index contributed by atoms with van der Waals surface area (Å²) in [6.45, 7) is 0. The van der Waals surface area contributed by atoms with Gasteiger partial charge >= 0.3 is 10.3 Å². The van der Waals surface area contributed by atoms with Crippen LogP contribution in [0.5, 0.6) is 0 Å². The molecule has 1 aromatic rings. The molecule has 0 bridgehead atoms. The quantitative estimate of drug-likeness (QED) is 0.560. The minimum absolute atomic E-state index is 0.0184. The second-order valence-corrected chi connectivity index (χ2v) is 3.43. The molecule has 1 aromatic heterocycles. The maximum atomic E-state index is 10.3. The van der Waals surface area contributed by atoms with Gasteiger partial charge in [-0.1, -0.05) is 11.6 Å². The summed E-state index contributed by atoms with van der Waals surface area (Å²) in [5.41, 5.74) is 0.0432. The van der Waals surface area contributed by atoms with Gasteiger partial charge in [0.25, 0.3) is 0 Å². The second kappa shape index (κ2) is 3.26. The van der Waals surface area contributed by atoms with Crippen molar-refractivity contribution in [3.05, 3.63) is 23.5 Å². The van der Waals surface area contributed by atoms with Gasteiger partial charge in [0.2, 0.25) is 0 Å². The van der Waals surface area contributed by atoms with Crippen LogP contribution in [-0.2, 0) is 10.3 Å². The van der Waals surface area contributed by atoms with E-state index in [1.54, 1.807) is 4.72 Å². The van der Waals surface area contributed by atoms with Gasteiger partial charge in [-0.15, -0.1) is 0 Å². The van der Waals surface area contributed by atoms with E-state index in [0.29, 0.717) is 0 Å². The predicted molar refractivity (Wildman–Crippen MR) is 44.4 cm³/mol. The summed E-state index contributed by atoms with van der Waals surface area (Å²) < 4.78 is 30.8. The molecule has 0 saturated carbocycles. The molecule has 12 heavy (non-hydrogen) atoms. The Kier molecular flexibility index (Phi) is 2.51. The molecule has 0 spiro atoms. The fraction of sp³-hybridized carbons (Fsp3) is 0. The molecule has 2 N–H and O–H groups in total. The summed E-state index contributed by atoms with van der Waals surface area (Å²) in [6, 6.07) is 2.86. The monoisotopic (exact) mass is 208 g/mol. The largest absolute Gasteiger partial charge is 0.357 e. The Morgan fingerprint density at radius 1 is 1.58 bits per heavy atom. The number of hydrogen-bond donors (Lipinski definition) is 2. The third-order valence-electron chi connectivity index (χ3n) is 0.998. The lowest BCUT2D eigenvalue weighted by Gasteiger charge is -2.02. The molecule has 0 fully saturated rings. The average Bonchev–Trinajstić information content (AvgIpc) is 1.91. The van der Waals surface area contributed by atoms with Crippen molar-refractivity contribution in [1.82, 2.24) is 4.98 Å². The topological polar surface area (TPSA) is 79.3 Å². The number of pyridine rings is 1. The van der Waals surface area contributed by atoms with E-state index in [0.717, 1.165) is 0 Å². The molecule has 0 aromatic carbocycles. The lowest BCUT2D eigenvalue weighted by molar-refractivity contribution is 0.489. The zero-order valence-corrected chi connectivity index (χ0v) is 7.30. The molecular weight excluding hydrogens is 204 g/mol. The van der Waals surface area contributed by atoms with Gasteiger partial charge in [0.1, 0.15) is 0 Å². The third kappa shape index (κ3) is 2.65. The van der Waals surface area contributed by atoms with Crippen LogP contribution in [-0.4, -0.2) is 18.0 Å². The van der Waals surface area contributed by atoms with Crippen LogP contribution < -0.4 is 4.72 Å². The van der Waals surface area contributed by atoms with E-state index >= 15 is 0 Å². The smallest absolute Gasteiger partial charge is 0.269 e. The number of halogens is 1. The first-order valence-corrected chi connectivity index (χ1v) is 4.66. The van der Waals surface area contributed by atoms with E-state index < -0.39 is 10.3 Å². The number of nitrogens with zero attached hydrogens (tertiary/aromatic N) is 1. The lowest BCUT2D eigenvalue weighted by atomic mass is 10.4. The summed E-state index contributed by atoms with van der Waals surface area (Å²) >= 11 is 5.48. The molecule has 1 rings (SSSR count). The summed E-state index contributed by atoms with van der Waals surface area (Å²) in [5.74, 6) is 0. The number of hydrogen-bond acceptors (Lipinski definition) is 3. The van der Waals surface area contributed by atoms with Crippen molar-refractivity contribution in [2.45, 2.75) is 0 Å². The highest BCUT2D eigenvalue weighted by atomic mass is 35.5. The number of nitrogens with one attached hydrogen (secondary N) is 1. The van der Waals surface area contributed by atoms with Crippen molar-refractivity contribution in [2.24, 2.45) is 0 Å². The zero-order chi connectivity index (χ0) is 9.19. The van der Waals surface area contributed by atoms with Gasteiger partial charge in [-0.3, -0.25) is 9.27 Å². The maximum absolute atomic E-state index is 10.3. The van der Waals surface area contributed by atoms with Gasteiger partial charge in [0.05, 0.1) is 5.69 Å². The fourth-order valence-electron chi connectivity index (χ4n) is 0.601. The minimum atomic E-state index is -4.27. The Morgan fingerprint density at radius 2 is 2.25 bits per heavy atom. The molecule has 0 radical (unpaired) electrons. The molecule has 0 unspecified atom stereocenters. The molecule has 0 amide bonds. The Morgan fingerprint density at radius 3 is 2.75 bits per heavy atom. The molecule has 0 atom stereocenters. The predicted octanol–water partition coefficient (Wildman–Crippen LogP) is 0.950. The molecule has 1 heterocycles. The van der Waals surface area contributed by atoms with Crippen LogP contribution in [0.3, 0.4) is 0 Å². The fourth-order valence-corrected chi connectivity index (χ4v) is 1.27. The van der Waals surface area contributed by atoms with E-state index in [4.69, 9.17) is 16.2 Å². The highest BCUT2D eigenvalue weighted by Gasteiger charge is 2.06. The molecule has 7 heteroatoms. The summed E-state index contributed by atoms with van der Waals surface area (Å²) in [6.07, 6.45) is 1.40. The average molecular weight is 209 g/mol. The minimum Gasteiger partial charge on any atom is -0.269 e. The van der Waals surface area contributed by atoms with E-state index in [2.05, 4.69) is 4.98 Å². The molecule has 0 saturated heterocycles. The Labute approximate surface area is 74.3 Å². The first-order valence-electron chi connectivity index (χ1n) is 2.85. The van der Waals surface area contributed by atoms with Gasteiger partial charge in [-0.25, -0.2) is 4.98 Å². The standard InChI is InChI=1S/C5H5ClN2O3S/c6-5-4(2-1-3-7-5)8-12(9,10)11/h1-3,8H,(H,9,10,11). The van der Waals surface area contributed by atoms with E-state index in [-0.39, 0.29) is 10.8 Å². The maximum Gasteiger partial charge on any atom is 0.357 e. The van der Waals surface area contributed by atoms with Crippen molar-refractivity contribution < 1.29 is 13.0 Å². The zero-order valence-electron chi connectivity index (χ0n) is 5.73. The normalized spacial score (nSPS) is 11.2. The van der Waals surface area contributed by atoms with E-state index in [9.17, 15) is 8.42 Å². The molecule has 0 aliphatic heterocycles. The van der Waals surface area contributed by atoms with Crippen LogP contribution >= 0.6 is 11.6 Å².